The van der Waals surface area contributed by atoms with E-state index in [9.17, 15) is 9.46 Å². The van der Waals surface area contributed by atoms with Gasteiger partial charge < -0.3 is 14.4 Å². The summed E-state index contributed by atoms with van der Waals surface area (Å²) < 4.78 is 24.1. The maximum Gasteiger partial charge on any atom is 0.200 e. The van der Waals surface area contributed by atoms with E-state index in [2.05, 4.69) is 19.9 Å². The minimum Gasteiger partial charge on any atom is -0.494 e. The fourth-order valence-corrected chi connectivity index (χ4v) is 4.76. The number of benzene rings is 1. The highest BCUT2D eigenvalue weighted by Crippen LogP contribution is 2.41. The number of aryl methyl sites for hydroxylation is 1. The zero-order valence-corrected chi connectivity index (χ0v) is 22.0. The molecule has 0 amide bonds. The Kier molecular flexibility index (Phi) is 16.7. The van der Waals surface area contributed by atoms with Crippen molar-refractivity contribution in [3.8, 4) is 11.5 Å². The molecule has 32 heavy (non-hydrogen) atoms. The molecule has 0 bridgehead atoms. The molecule has 1 unspecified atom stereocenters. The summed E-state index contributed by atoms with van der Waals surface area (Å²) in [5.41, 5.74) is 1.09. The van der Waals surface area contributed by atoms with Gasteiger partial charge in [-0.3, -0.25) is 4.57 Å². The van der Waals surface area contributed by atoms with Gasteiger partial charge in [-0.2, -0.15) is 0 Å². The molecule has 1 aromatic carbocycles. The molecule has 0 saturated carbocycles. The van der Waals surface area contributed by atoms with Crippen LogP contribution in [-0.2, 0) is 11.0 Å². The normalized spacial score (nSPS) is 13.1. The van der Waals surface area contributed by atoms with E-state index in [1.165, 1.54) is 64.2 Å². The van der Waals surface area contributed by atoms with E-state index in [1.807, 2.05) is 12.1 Å². The molecule has 5 heteroatoms. The van der Waals surface area contributed by atoms with Crippen LogP contribution in [0.1, 0.15) is 110 Å². The molecule has 186 valence electrons. The Labute approximate surface area is 197 Å². The molecule has 0 aliphatic carbocycles. The predicted molar refractivity (Wildman–Crippen MR) is 138 cm³/mol. The molecule has 0 fully saturated rings. The van der Waals surface area contributed by atoms with Crippen molar-refractivity contribution in [3.05, 3.63) is 23.8 Å². The molecule has 1 N–H and O–H groups in total. The summed E-state index contributed by atoms with van der Waals surface area (Å²) in [6.07, 6.45) is 17.1. The van der Waals surface area contributed by atoms with Crippen molar-refractivity contribution in [2.75, 3.05) is 25.5 Å². The Balaban J connectivity index is 2.54. The second kappa shape index (κ2) is 18.4. The van der Waals surface area contributed by atoms with E-state index in [0.717, 1.165) is 49.5 Å². The first-order chi connectivity index (χ1) is 15.5. The van der Waals surface area contributed by atoms with E-state index in [4.69, 9.17) is 9.47 Å². The first kappa shape index (κ1) is 29.0. The molecule has 0 aromatic heterocycles. The maximum atomic E-state index is 12.0. The van der Waals surface area contributed by atoms with Crippen molar-refractivity contribution in [2.24, 2.45) is 0 Å². The molecule has 0 radical (unpaired) electrons. The summed E-state index contributed by atoms with van der Waals surface area (Å²) in [7, 11) is -2.98. The Morgan fingerprint density at radius 2 is 1.31 bits per heavy atom. The van der Waals surface area contributed by atoms with E-state index in [-0.39, 0.29) is 0 Å². The Hall–Kier alpha value is -0.990. The lowest BCUT2D eigenvalue weighted by Gasteiger charge is -2.15. The number of hydrogen-bond acceptors (Lipinski definition) is 3. The maximum absolute atomic E-state index is 12.0. The Morgan fingerprint density at radius 1 is 0.750 bits per heavy atom. The van der Waals surface area contributed by atoms with E-state index in [1.54, 1.807) is 6.92 Å². The van der Waals surface area contributed by atoms with Gasteiger partial charge in [0.25, 0.3) is 0 Å². The van der Waals surface area contributed by atoms with Crippen LogP contribution < -0.4 is 9.47 Å². The SMILES string of the molecule is CCCCCCCCOc1ccc(OCCCCCCCC)c(CCCP(=O)(O)CC)c1. The quantitative estimate of drug-likeness (QED) is 0.145. The number of rotatable bonds is 21. The molecule has 0 heterocycles. The van der Waals surface area contributed by atoms with Crippen LogP contribution >= 0.6 is 7.37 Å². The molecule has 0 spiro atoms. The smallest absolute Gasteiger partial charge is 0.200 e. The summed E-state index contributed by atoms with van der Waals surface area (Å²) in [6.45, 7) is 7.73. The van der Waals surface area contributed by atoms with Gasteiger partial charge in [-0.25, -0.2) is 0 Å². The third-order valence-corrected chi connectivity index (χ3v) is 8.01. The topological polar surface area (TPSA) is 55.8 Å². The van der Waals surface area contributed by atoms with Crippen LogP contribution in [0.4, 0.5) is 0 Å². The van der Waals surface area contributed by atoms with Gasteiger partial charge in [-0.05, 0) is 49.4 Å². The molecule has 1 aromatic rings. The van der Waals surface area contributed by atoms with Gasteiger partial charge in [0.05, 0.1) is 13.2 Å². The van der Waals surface area contributed by atoms with Crippen molar-refractivity contribution in [3.63, 3.8) is 0 Å². The van der Waals surface area contributed by atoms with Crippen LogP contribution in [0.25, 0.3) is 0 Å². The first-order valence-electron chi connectivity index (χ1n) is 13.2. The molecule has 1 atom stereocenters. The summed E-state index contributed by atoms with van der Waals surface area (Å²) >= 11 is 0. The predicted octanol–water partition coefficient (Wildman–Crippen LogP) is 8.39. The average molecular weight is 469 g/mol. The molecule has 0 aliphatic heterocycles. The second-order valence-corrected chi connectivity index (χ2v) is 11.8. The lowest BCUT2D eigenvalue weighted by molar-refractivity contribution is 0.293. The number of ether oxygens (including phenoxy) is 2. The summed E-state index contributed by atoms with van der Waals surface area (Å²) in [4.78, 5) is 9.91. The van der Waals surface area contributed by atoms with Gasteiger partial charge in [-0.15, -0.1) is 0 Å². The lowest BCUT2D eigenvalue weighted by atomic mass is 10.1. The van der Waals surface area contributed by atoms with Crippen molar-refractivity contribution in [1.82, 2.24) is 0 Å². The van der Waals surface area contributed by atoms with Crippen LogP contribution in [0, 0.1) is 0 Å². The van der Waals surface area contributed by atoms with E-state index >= 15 is 0 Å². The van der Waals surface area contributed by atoms with Gasteiger partial charge in [0.15, 0.2) is 7.37 Å². The third kappa shape index (κ3) is 14.2. The molecule has 1 rings (SSSR count). The van der Waals surface area contributed by atoms with Crippen LogP contribution in [0.5, 0.6) is 11.5 Å². The van der Waals surface area contributed by atoms with Gasteiger partial charge in [0.1, 0.15) is 11.5 Å². The largest absolute Gasteiger partial charge is 0.494 e. The zero-order valence-electron chi connectivity index (χ0n) is 21.1. The number of unbranched alkanes of at least 4 members (excludes halogenated alkanes) is 10. The van der Waals surface area contributed by atoms with E-state index in [0.29, 0.717) is 18.7 Å². The van der Waals surface area contributed by atoms with Crippen LogP contribution in [0.2, 0.25) is 0 Å². The Bertz CT molecular complexity index is 632. The third-order valence-electron chi connectivity index (χ3n) is 6.00. The average Bonchev–Trinajstić information content (AvgIpc) is 2.79. The minimum absolute atomic E-state index is 0.343. The monoisotopic (exact) mass is 468 g/mol. The van der Waals surface area contributed by atoms with Crippen molar-refractivity contribution < 1.29 is 18.9 Å². The lowest BCUT2D eigenvalue weighted by Crippen LogP contribution is -2.03. The highest BCUT2D eigenvalue weighted by molar-refractivity contribution is 7.57. The minimum atomic E-state index is -2.98. The van der Waals surface area contributed by atoms with Crippen LogP contribution in [0.15, 0.2) is 18.2 Å². The highest BCUT2D eigenvalue weighted by Gasteiger charge is 2.15. The van der Waals surface area contributed by atoms with Crippen molar-refractivity contribution in [1.29, 1.82) is 0 Å². The second-order valence-electron chi connectivity index (χ2n) is 8.99. The van der Waals surface area contributed by atoms with Gasteiger partial charge in [0, 0.05) is 12.3 Å². The summed E-state index contributed by atoms with van der Waals surface area (Å²) in [6, 6.07) is 6.09. The first-order valence-corrected chi connectivity index (χ1v) is 15.2. The standard InChI is InChI=1S/C27H49O4P/c1-4-7-9-11-13-15-21-30-26-19-20-27(31-22-16-14-12-10-8-5-2)25(24-26)18-17-23-32(28,29)6-3/h19-20,24H,4-18,21-23H2,1-3H3,(H,28,29). The molecule has 0 saturated heterocycles. The number of hydrogen-bond donors (Lipinski definition) is 1. The Morgan fingerprint density at radius 3 is 1.91 bits per heavy atom. The van der Waals surface area contributed by atoms with Crippen LogP contribution in [0.3, 0.4) is 0 Å². The fraction of sp³-hybridized carbons (Fsp3) is 0.778. The summed E-state index contributed by atoms with van der Waals surface area (Å²) in [5, 5.41) is 0. The van der Waals surface area contributed by atoms with Gasteiger partial charge >= 0.3 is 0 Å². The fourth-order valence-electron chi connectivity index (χ4n) is 3.79. The van der Waals surface area contributed by atoms with Crippen LogP contribution in [-0.4, -0.2) is 30.4 Å². The molecular formula is C27H49O4P. The van der Waals surface area contributed by atoms with Crippen molar-refractivity contribution >= 4 is 7.37 Å². The molecule has 0 aliphatic rings. The highest BCUT2D eigenvalue weighted by atomic mass is 31.2. The van der Waals surface area contributed by atoms with E-state index < -0.39 is 7.37 Å². The van der Waals surface area contributed by atoms with Gasteiger partial charge in [-0.1, -0.05) is 85.0 Å². The zero-order chi connectivity index (χ0) is 23.5. The van der Waals surface area contributed by atoms with Crippen molar-refractivity contribution in [2.45, 2.75) is 111 Å². The summed E-state index contributed by atoms with van der Waals surface area (Å²) in [5.74, 6) is 1.78. The van der Waals surface area contributed by atoms with Gasteiger partial charge in [0.2, 0.25) is 0 Å². The molecule has 4 nitrogen and oxygen atoms in total. The molecular weight excluding hydrogens is 419 g/mol.